The molecule has 0 spiro atoms. The Labute approximate surface area is 505 Å². The van der Waals surface area contributed by atoms with Gasteiger partial charge in [-0.1, -0.05) is 206 Å². The highest BCUT2D eigenvalue weighted by atomic mass is 16.3. The van der Waals surface area contributed by atoms with Gasteiger partial charge in [0.15, 0.2) is 11.6 Å². The average Bonchev–Trinajstić information content (AvgIpc) is 1.67. The van der Waals surface area contributed by atoms with Crippen LogP contribution in [0.3, 0.4) is 0 Å². The number of fused-ring (bicyclic) bond motifs is 14. The summed E-state index contributed by atoms with van der Waals surface area (Å²) in [6.07, 6.45) is 0. The molecule has 0 fully saturated rings. The number of hydrogen-bond donors (Lipinski definition) is 0. The van der Waals surface area contributed by atoms with Crippen LogP contribution in [0.2, 0.25) is 0 Å². The Morgan fingerprint density at radius 1 is 0.239 bits per heavy atom. The van der Waals surface area contributed by atoms with Gasteiger partial charge in [-0.05, 0) is 97.1 Å². The first-order chi connectivity index (χ1) is 43.6. The Hall–Kier alpha value is -12.0. The van der Waals surface area contributed by atoms with Crippen molar-refractivity contribution in [3.8, 4) is 79.2 Å². The molecule has 6 heterocycles. The van der Waals surface area contributed by atoms with Crippen molar-refractivity contribution < 1.29 is 8.83 Å². The zero-order valence-corrected chi connectivity index (χ0v) is 47.4. The minimum absolute atomic E-state index is 0.696. The summed E-state index contributed by atoms with van der Waals surface area (Å²) in [6, 6.07) is 105. The van der Waals surface area contributed by atoms with Crippen molar-refractivity contribution in [1.82, 2.24) is 29.1 Å². The van der Waals surface area contributed by atoms with Gasteiger partial charge in [0.05, 0.1) is 55.6 Å². The van der Waals surface area contributed by atoms with Crippen LogP contribution in [0.1, 0.15) is 0 Å². The second-order valence-corrected chi connectivity index (χ2v) is 22.1. The van der Waals surface area contributed by atoms with Crippen LogP contribution in [0.25, 0.3) is 167 Å². The van der Waals surface area contributed by atoms with Crippen molar-refractivity contribution in [1.29, 1.82) is 0 Å². The number of aromatic nitrogens is 6. The Balaban J connectivity index is 0.000000137. The average molecular weight is 1130 g/mol. The third-order valence-electron chi connectivity index (χ3n) is 16.9. The van der Waals surface area contributed by atoms with E-state index in [1.54, 1.807) is 0 Å². The first kappa shape index (κ1) is 50.5. The Morgan fingerprint density at radius 3 is 1.22 bits per heavy atom. The molecule has 88 heavy (non-hydrogen) atoms. The number of para-hydroxylation sites is 4. The van der Waals surface area contributed by atoms with Crippen molar-refractivity contribution in [2.75, 3.05) is 0 Å². The van der Waals surface area contributed by atoms with Gasteiger partial charge in [0.2, 0.25) is 0 Å². The molecule has 8 heteroatoms. The molecular weight excluding hydrogens is 1080 g/mol. The molecule has 0 aliphatic heterocycles. The largest absolute Gasteiger partial charge is 0.456 e. The molecule has 412 valence electrons. The predicted octanol–water partition coefficient (Wildman–Crippen LogP) is 20.9. The third kappa shape index (κ3) is 8.61. The summed E-state index contributed by atoms with van der Waals surface area (Å²) >= 11 is 0. The molecule has 18 aromatic rings. The van der Waals surface area contributed by atoms with Crippen molar-refractivity contribution >= 4 is 87.5 Å². The van der Waals surface area contributed by atoms with Gasteiger partial charge in [0.25, 0.3) is 0 Å². The molecule has 8 nitrogen and oxygen atoms in total. The van der Waals surface area contributed by atoms with E-state index in [1.807, 2.05) is 97.1 Å². The fraction of sp³-hybridized carbons (Fsp3) is 0. The van der Waals surface area contributed by atoms with E-state index in [1.165, 1.54) is 16.2 Å². The van der Waals surface area contributed by atoms with E-state index in [2.05, 4.69) is 215 Å². The fourth-order valence-electron chi connectivity index (χ4n) is 12.7. The first-order valence-corrected chi connectivity index (χ1v) is 29.5. The molecule has 18 rings (SSSR count). The standard InChI is InChI=1S/2C40H25N3O/c1-3-11-26(12-4-1)33-25-34(42-40(41-33)28-13-5-2-6-14-28)27-19-21-29(22-20-27)43-35-17-9-7-16-32(35)38-36(43)24-23-31-30-15-8-10-18-37(30)44-39(31)38;1-3-11-26(12-4-1)33-25-34(27-13-5-2-6-14-27)42-40(41-33)28-19-21-29(22-20-28)43-35-17-9-7-15-30(35)31-23-24-37-38(39(31)43)32-16-8-10-18-36(32)44-37/h2*1-25H. The highest BCUT2D eigenvalue weighted by Crippen LogP contribution is 2.43. The van der Waals surface area contributed by atoms with E-state index in [9.17, 15) is 0 Å². The lowest BCUT2D eigenvalue weighted by atomic mass is 10.1. The van der Waals surface area contributed by atoms with Crippen LogP contribution in [0.5, 0.6) is 0 Å². The molecular formula is C80H50N6O2. The van der Waals surface area contributed by atoms with Gasteiger partial charge in [-0.15, -0.1) is 0 Å². The van der Waals surface area contributed by atoms with Gasteiger partial charge >= 0.3 is 0 Å². The van der Waals surface area contributed by atoms with E-state index >= 15 is 0 Å². The predicted molar refractivity (Wildman–Crippen MR) is 360 cm³/mol. The Morgan fingerprint density at radius 2 is 0.648 bits per heavy atom. The lowest BCUT2D eigenvalue weighted by Gasteiger charge is -2.11. The van der Waals surface area contributed by atoms with Gasteiger partial charge in [-0.3, -0.25) is 0 Å². The highest BCUT2D eigenvalue weighted by Gasteiger charge is 2.22. The van der Waals surface area contributed by atoms with Crippen LogP contribution in [-0.2, 0) is 0 Å². The lowest BCUT2D eigenvalue weighted by Crippen LogP contribution is -1.97. The number of rotatable bonds is 8. The van der Waals surface area contributed by atoms with Gasteiger partial charge in [0, 0.05) is 77.1 Å². The summed E-state index contributed by atoms with van der Waals surface area (Å²) in [5.74, 6) is 1.41. The summed E-state index contributed by atoms with van der Waals surface area (Å²) in [6.45, 7) is 0. The second-order valence-electron chi connectivity index (χ2n) is 22.1. The van der Waals surface area contributed by atoms with E-state index < -0.39 is 0 Å². The fourth-order valence-corrected chi connectivity index (χ4v) is 12.7. The zero-order chi connectivity index (χ0) is 58.1. The molecule has 0 atom stereocenters. The minimum Gasteiger partial charge on any atom is -0.456 e. The van der Waals surface area contributed by atoms with Crippen LogP contribution in [0.4, 0.5) is 0 Å². The van der Waals surface area contributed by atoms with Crippen LogP contribution in [0, 0.1) is 0 Å². The van der Waals surface area contributed by atoms with Gasteiger partial charge < -0.3 is 18.0 Å². The zero-order valence-electron chi connectivity index (χ0n) is 47.4. The molecule has 0 saturated heterocycles. The second kappa shape index (κ2) is 21.0. The van der Waals surface area contributed by atoms with E-state index in [-0.39, 0.29) is 0 Å². The van der Waals surface area contributed by atoms with Crippen molar-refractivity contribution in [2.45, 2.75) is 0 Å². The SMILES string of the molecule is c1ccc(-c2cc(-c3ccc(-n4c5ccccc5c5c6oc7ccccc7c6ccc54)cc3)nc(-c3ccccc3)n2)cc1.c1ccc(-c2cc(-c3ccccc3)nc(-c3ccc(-n4c5ccccc5c5ccc6oc7ccccc7c6c54)cc3)n2)cc1. The molecule has 6 aromatic heterocycles. The summed E-state index contributed by atoms with van der Waals surface area (Å²) in [7, 11) is 0. The number of hydrogen-bond acceptors (Lipinski definition) is 6. The molecule has 0 aliphatic rings. The van der Waals surface area contributed by atoms with Crippen LogP contribution < -0.4 is 0 Å². The highest BCUT2D eigenvalue weighted by molar-refractivity contribution is 6.25. The van der Waals surface area contributed by atoms with Crippen molar-refractivity contribution in [3.05, 3.63) is 303 Å². The maximum atomic E-state index is 6.47. The summed E-state index contributed by atoms with van der Waals surface area (Å²) in [4.78, 5) is 20.0. The topological polar surface area (TPSA) is 87.7 Å². The van der Waals surface area contributed by atoms with Crippen LogP contribution in [0.15, 0.2) is 312 Å². The van der Waals surface area contributed by atoms with E-state index in [4.69, 9.17) is 28.8 Å². The molecule has 0 saturated carbocycles. The number of furan rings is 2. The number of benzene rings is 12. The van der Waals surface area contributed by atoms with E-state index in [0.29, 0.717) is 11.6 Å². The monoisotopic (exact) mass is 1130 g/mol. The Bertz CT molecular complexity index is 5540. The van der Waals surface area contributed by atoms with Gasteiger partial charge in [-0.2, -0.15) is 0 Å². The maximum Gasteiger partial charge on any atom is 0.160 e. The summed E-state index contributed by atoms with van der Waals surface area (Å²) < 4.78 is 17.4. The normalized spacial score (nSPS) is 11.6. The van der Waals surface area contributed by atoms with Gasteiger partial charge in [-0.25, -0.2) is 19.9 Å². The van der Waals surface area contributed by atoms with Crippen LogP contribution >= 0.6 is 0 Å². The Kier molecular flexibility index (Phi) is 12.0. The number of nitrogens with zero attached hydrogens (tertiary/aromatic N) is 6. The minimum atomic E-state index is 0.696. The molecule has 0 N–H and O–H groups in total. The third-order valence-corrected chi connectivity index (χ3v) is 16.9. The van der Waals surface area contributed by atoms with Crippen LogP contribution in [-0.4, -0.2) is 29.1 Å². The summed E-state index contributed by atoms with van der Waals surface area (Å²) in [5.41, 5.74) is 20.1. The molecule has 12 aromatic carbocycles. The smallest absolute Gasteiger partial charge is 0.160 e. The summed E-state index contributed by atoms with van der Waals surface area (Å²) in [5, 5.41) is 9.25. The van der Waals surface area contributed by atoms with Gasteiger partial charge in [0.1, 0.15) is 22.3 Å². The quantitative estimate of drug-likeness (QED) is 0.151. The molecule has 0 aliphatic carbocycles. The van der Waals surface area contributed by atoms with Crippen molar-refractivity contribution in [3.63, 3.8) is 0 Å². The first-order valence-electron chi connectivity index (χ1n) is 29.5. The van der Waals surface area contributed by atoms with Crippen molar-refractivity contribution in [2.24, 2.45) is 0 Å². The molecule has 0 amide bonds. The molecule has 0 bridgehead atoms. The van der Waals surface area contributed by atoms with E-state index in [0.717, 1.165) is 139 Å². The lowest BCUT2D eigenvalue weighted by molar-refractivity contribution is 0.669. The molecule has 0 unspecified atom stereocenters. The molecule has 0 radical (unpaired) electrons. The maximum absolute atomic E-state index is 6.47.